The van der Waals surface area contributed by atoms with Gasteiger partial charge in [-0.2, -0.15) is 0 Å². The SMILES string of the molecule is CC(=O)NC1C(=O)N2CC(C(=O)O)(C(=O)OC(c3ccccc3)c3ccccc3)CS[C@H]12. The summed E-state index contributed by atoms with van der Waals surface area (Å²) < 4.78 is 5.82. The molecule has 2 aromatic rings. The molecule has 0 spiro atoms. The highest BCUT2D eigenvalue weighted by atomic mass is 32.2. The number of carbonyl (C=O) groups excluding carboxylic acids is 3. The van der Waals surface area contributed by atoms with Crippen LogP contribution in [0.2, 0.25) is 0 Å². The van der Waals surface area contributed by atoms with Crippen molar-refractivity contribution >= 4 is 35.5 Å². The van der Waals surface area contributed by atoms with E-state index in [1.807, 2.05) is 36.4 Å². The van der Waals surface area contributed by atoms with Crippen LogP contribution in [0.5, 0.6) is 0 Å². The van der Waals surface area contributed by atoms with Crippen molar-refractivity contribution in [3.8, 4) is 0 Å². The van der Waals surface area contributed by atoms with E-state index in [4.69, 9.17) is 4.74 Å². The van der Waals surface area contributed by atoms with E-state index in [0.717, 1.165) is 11.8 Å². The first-order chi connectivity index (χ1) is 15.3. The molecular formula is C23H22N2O6S. The summed E-state index contributed by atoms with van der Waals surface area (Å²) >= 11 is 1.16. The number of thioether (sulfide) groups is 1. The maximum atomic E-state index is 13.3. The molecule has 9 heteroatoms. The Labute approximate surface area is 188 Å². The first-order valence-electron chi connectivity index (χ1n) is 10.1. The molecule has 2 aliphatic rings. The van der Waals surface area contributed by atoms with Gasteiger partial charge in [0.25, 0.3) is 0 Å². The monoisotopic (exact) mass is 454 g/mol. The standard InChI is InChI=1S/C23H22N2O6S/c1-14(26)24-17-19(27)25-12-23(21(28)29,13-32-20(17)25)22(30)31-18(15-8-4-2-5-9-15)16-10-6-3-7-11-16/h2-11,17-18,20H,12-13H2,1H3,(H,24,26)(H,28,29)/t17?,20-,23?/m1/s1. The summed E-state index contributed by atoms with van der Waals surface area (Å²) in [7, 11) is 0. The minimum absolute atomic E-state index is 0.0675. The number of hydrogen-bond donors (Lipinski definition) is 2. The summed E-state index contributed by atoms with van der Waals surface area (Å²) in [6.45, 7) is 1.01. The fourth-order valence-electron chi connectivity index (χ4n) is 3.94. The van der Waals surface area contributed by atoms with Crippen molar-refractivity contribution in [3.05, 3.63) is 71.8 Å². The average molecular weight is 455 g/mol. The summed E-state index contributed by atoms with van der Waals surface area (Å²) in [4.78, 5) is 50.8. The van der Waals surface area contributed by atoms with Crippen molar-refractivity contribution in [2.45, 2.75) is 24.4 Å². The molecule has 2 saturated heterocycles. The Bertz CT molecular complexity index is 1010. The third-order valence-electron chi connectivity index (χ3n) is 5.67. The first-order valence-corrected chi connectivity index (χ1v) is 11.1. The van der Waals surface area contributed by atoms with Crippen molar-refractivity contribution in [1.82, 2.24) is 10.2 Å². The Kier molecular flexibility index (Phi) is 5.92. The molecule has 2 amide bonds. The van der Waals surface area contributed by atoms with Crippen molar-refractivity contribution in [3.63, 3.8) is 0 Å². The van der Waals surface area contributed by atoms with Crippen molar-refractivity contribution in [1.29, 1.82) is 0 Å². The zero-order valence-electron chi connectivity index (χ0n) is 17.3. The van der Waals surface area contributed by atoms with E-state index in [1.54, 1.807) is 24.3 Å². The number of ether oxygens (including phenoxy) is 1. The van der Waals surface area contributed by atoms with Crippen molar-refractivity contribution in [2.24, 2.45) is 5.41 Å². The van der Waals surface area contributed by atoms with Gasteiger partial charge in [-0.05, 0) is 11.1 Å². The van der Waals surface area contributed by atoms with Crippen LogP contribution in [-0.4, -0.2) is 57.5 Å². The fraction of sp³-hybridized carbons (Fsp3) is 0.304. The molecule has 3 atom stereocenters. The lowest BCUT2D eigenvalue weighted by Crippen LogP contribution is -2.74. The lowest BCUT2D eigenvalue weighted by molar-refractivity contribution is -0.175. The fourth-order valence-corrected chi connectivity index (χ4v) is 5.46. The number of fused-ring (bicyclic) bond motifs is 1. The molecule has 2 aromatic carbocycles. The average Bonchev–Trinajstić information content (AvgIpc) is 2.81. The van der Waals surface area contributed by atoms with E-state index in [0.29, 0.717) is 11.1 Å². The van der Waals surface area contributed by atoms with E-state index < -0.39 is 40.8 Å². The third kappa shape index (κ3) is 3.84. The van der Waals surface area contributed by atoms with Crippen LogP contribution in [0.4, 0.5) is 0 Å². The smallest absolute Gasteiger partial charge is 0.327 e. The van der Waals surface area contributed by atoms with Gasteiger partial charge in [0.05, 0.1) is 0 Å². The largest absolute Gasteiger partial charge is 0.480 e. The summed E-state index contributed by atoms with van der Waals surface area (Å²) in [5.74, 6) is -3.05. The van der Waals surface area contributed by atoms with E-state index in [1.165, 1.54) is 11.8 Å². The lowest BCUT2D eigenvalue weighted by Gasteiger charge is -2.52. The third-order valence-corrected chi connectivity index (χ3v) is 7.20. The summed E-state index contributed by atoms with van der Waals surface area (Å²) in [6.07, 6.45) is -0.789. The minimum atomic E-state index is -1.90. The minimum Gasteiger partial charge on any atom is -0.480 e. The molecule has 2 unspecified atom stereocenters. The predicted octanol–water partition coefficient (Wildman–Crippen LogP) is 1.81. The summed E-state index contributed by atoms with van der Waals surface area (Å²) in [6, 6.07) is 17.5. The van der Waals surface area contributed by atoms with Crippen LogP contribution in [-0.2, 0) is 23.9 Å². The Morgan fingerprint density at radius 1 is 1.09 bits per heavy atom. The second kappa shape index (κ2) is 8.66. The van der Waals surface area contributed by atoms with Crippen LogP contribution in [0.3, 0.4) is 0 Å². The molecule has 0 saturated carbocycles. The highest BCUT2D eigenvalue weighted by Crippen LogP contribution is 2.44. The van der Waals surface area contributed by atoms with Crippen LogP contribution in [0.25, 0.3) is 0 Å². The van der Waals surface area contributed by atoms with Gasteiger partial charge in [0.2, 0.25) is 11.8 Å². The number of nitrogens with one attached hydrogen (secondary N) is 1. The second-order valence-electron chi connectivity index (χ2n) is 7.84. The first kappa shape index (κ1) is 21.9. The highest BCUT2D eigenvalue weighted by molar-refractivity contribution is 8.00. The van der Waals surface area contributed by atoms with Crippen LogP contribution in [0.15, 0.2) is 60.7 Å². The van der Waals surface area contributed by atoms with Gasteiger partial charge in [0, 0.05) is 19.2 Å². The molecule has 0 aromatic heterocycles. The molecule has 166 valence electrons. The number of esters is 1. The molecule has 2 aliphatic heterocycles. The van der Waals surface area contributed by atoms with Crippen molar-refractivity contribution < 1.29 is 29.0 Å². The Morgan fingerprint density at radius 3 is 2.16 bits per heavy atom. The molecule has 2 N–H and O–H groups in total. The van der Waals surface area contributed by atoms with Crippen LogP contribution in [0.1, 0.15) is 24.2 Å². The number of carboxylic acids is 1. The number of carbonyl (C=O) groups is 4. The van der Waals surface area contributed by atoms with Crippen LogP contribution < -0.4 is 5.32 Å². The molecule has 4 rings (SSSR count). The quantitative estimate of drug-likeness (QED) is 0.389. The van der Waals surface area contributed by atoms with E-state index in [2.05, 4.69) is 5.32 Å². The van der Waals surface area contributed by atoms with Gasteiger partial charge in [-0.1, -0.05) is 60.7 Å². The number of benzene rings is 2. The second-order valence-corrected chi connectivity index (χ2v) is 8.94. The molecule has 2 heterocycles. The lowest BCUT2D eigenvalue weighted by atomic mass is 9.87. The number of aliphatic carboxylic acids is 1. The number of β-lactam (4-membered cyclic amide) rings is 1. The molecule has 32 heavy (non-hydrogen) atoms. The maximum absolute atomic E-state index is 13.3. The molecule has 2 fully saturated rings. The summed E-state index contributed by atoms with van der Waals surface area (Å²) in [5.41, 5.74) is -0.487. The van der Waals surface area contributed by atoms with E-state index in [9.17, 15) is 24.3 Å². The van der Waals surface area contributed by atoms with Gasteiger partial charge >= 0.3 is 11.9 Å². The Hall–Kier alpha value is -3.33. The van der Waals surface area contributed by atoms with Gasteiger partial charge < -0.3 is 20.1 Å². The van der Waals surface area contributed by atoms with E-state index >= 15 is 0 Å². The zero-order valence-corrected chi connectivity index (χ0v) is 18.1. The molecule has 0 bridgehead atoms. The van der Waals surface area contributed by atoms with Gasteiger partial charge in [-0.25, -0.2) is 0 Å². The Morgan fingerprint density at radius 2 is 1.66 bits per heavy atom. The molecular weight excluding hydrogens is 432 g/mol. The van der Waals surface area contributed by atoms with Gasteiger partial charge in [-0.3, -0.25) is 19.2 Å². The topological polar surface area (TPSA) is 113 Å². The van der Waals surface area contributed by atoms with Crippen molar-refractivity contribution in [2.75, 3.05) is 12.3 Å². The molecule has 0 radical (unpaired) electrons. The number of nitrogens with zero attached hydrogens (tertiary/aromatic N) is 1. The highest BCUT2D eigenvalue weighted by Gasteiger charge is 2.61. The number of hydrogen-bond acceptors (Lipinski definition) is 6. The molecule has 8 nitrogen and oxygen atoms in total. The number of rotatable bonds is 6. The zero-order chi connectivity index (χ0) is 22.9. The maximum Gasteiger partial charge on any atom is 0.327 e. The predicted molar refractivity (Wildman–Crippen MR) is 116 cm³/mol. The van der Waals surface area contributed by atoms with Crippen LogP contribution in [0, 0.1) is 5.41 Å². The van der Waals surface area contributed by atoms with Crippen LogP contribution >= 0.6 is 11.8 Å². The number of carboxylic acid groups (broad SMARTS) is 1. The summed E-state index contributed by atoms with van der Waals surface area (Å²) in [5, 5.41) is 12.2. The molecule has 0 aliphatic carbocycles. The van der Waals surface area contributed by atoms with Gasteiger partial charge in [0.1, 0.15) is 11.4 Å². The number of amides is 2. The van der Waals surface area contributed by atoms with Gasteiger partial charge in [0.15, 0.2) is 11.5 Å². The normalized spacial score (nSPS) is 24.3. The van der Waals surface area contributed by atoms with E-state index in [-0.39, 0.29) is 18.2 Å². The van der Waals surface area contributed by atoms with Gasteiger partial charge in [-0.15, -0.1) is 11.8 Å². The Balaban J connectivity index is 1.59.